The summed E-state index contributed by atoms with van der Waals surface area (Å²) in [6.07, 6.45) is 0. The van der Waals surface area contributed by atoms with E-state index < -0.39 is 0 Å². The minimum Gasteiger partial charge on any atom is -0.382 e. The Balaban J connectivity index is 3.01. The molecule has 0 unspecified atom stereocenters. The SMILES string of the molecule is CCn1c(=O)c2c(NC(C)C)cc(C)nc2n(CC)c1=O. The van der Waals surface area contributed by atoms with Crippen LogP contribution in [-0.2, 0) is 13.1 Å². The second-order valence-corrected chi connectivity index (χ2v) is 5.39. The summed E-state index contributed by atoms with van der Waals surface area (Å²) in [5.41, 5.74) is 1.40. The molecular weight excluding hydrogens is 268 g/mol. The third-order valence-corrected chi connectivity index (χ3v) is 3.38. The highest BCUT2D eigenvalue weighted by molar-refractivity contribution is 5.88. The summed E-state index contributed by atoms with van der Waals surface area (Å²) in [5, 5.41) is 3.77. The molecule has 0 aromatic carbocycles. The molecule has 6 nitrogen and oxygen atoms in total. The van der Waals surface area contributed by atoms with E-state index in [0.29, 0.717) is 24.1 Å². The highest BCUT2D eigenvalue weighted by Gasteiger charge is 2.16. The molecular formula is C15H22N4O2. The van der Waals surface area contributed by atoms with Gasteiger partial charge in [-0.3, -0.25) is 13.9 Å². The number of pyridine rings is 1. The minimum atomic E-state index is -0.300. The molecule has 0 bridgehead atoms. The average molecular weight is 290 g/mol. The summed E-state index contributed by atoms with van der Waals surface area (Å²) < 4.78 is 2.81. The molecule has 21 heavy (non-hydrogen) atoms. The van der Waals surface area contributed by atoms with Crippen molar-refractivity contribution >= 4 is 16.7 Å². The smallest absolute Gasteiger partial charge is 0.332 e. The number of hydrogen-bond acceptors (Lipinski definition) is 4. The van der Waals surface area contributed by atoms with Crippen molar-refractivity contribution in [1.82, 2.24) is 14.1 Å². The Morgan fingerprint density at radius 3 is 2.33 bits per heavy atom. The van der Waals surface area contributed by atoms with Gasteiger partial charge in [0, 0.05) is 24.8 Å². The van der Waals surface area contributed by atoms with Crippen molar-refractivity contribution in [3.05, 3.63) is 32.6 Å². The van der Waals surface area contributed by atoms with Gasteiger partial charge < -0.3 is 5.32 Å². The lowest BCUT2D eigenvalue weighted by molar-refractivity contribution is 0.605. The zero-order chi connectivity index (χ0) is 15.7. The largest absolute Gasteiger partial charge is 0.382 e. The van der Waals surface area contributed by atoms with E-state index in [-0.39, 0.29) is 17.3 Å². The van der Waals surface area contributed by atoms with Gasteiger partial charge in [-0.05, 0) is 40.7 Å². The topological polar surface area (TPSA) is 68.9 Å². The summed E-state index contributed by atoms with van der Waals surface area (Å²) in [6, 6.07) is 2.04. The van der Waals surface area contributed by atoms with Crippen molar-refractivity contribution in [3.8, 4) is 0 Å². The lowest BCUT2D eigenvalue weighted by Crippen LogP contribution is -2.40. The quantitative estimate of drug-likeness (QED) is 0.931. The van der Waals surface area contributed by atoms with Crippen molar-refractivity contribution < 1.29 is 0 Å². The Bertz CT molecular complexity index is 787. The normalized spacial score (nSPS) is 11.3. The van der Waals surface area contributed by atoms with Gasteiger partial charge in [0.25, 0.3) is 5.56 Å². The molecule has 2 heterocycles. The van der Waals surface area contributed by atoms with Crippen LogP contribution in [0.1, 0.15) is 33.4 Å². The number of anilines is 1. The molecule has 0 amide bonds. The first kappa shape index (κ1) is 15.3. The first-order chi connectivity index (χ1) is 9.90. The van der Waals surface area contributed by atoms with E-state index in [4.69, 9.17) is 0 Å². The molecule has 1 N–H and O–H groups in total. The third kappa shape index (κ3) is 2.57. The summed E-state index contributed by atoms with van der Waals surface area (Å²) in [5.74, 6) is 0. The lowest BCUT2D eigenvalue weighted by Gasteiger charge is -2.16. The highest BCUT2D eigenvalue weighted by Crippen LogP contribution is 2.20. The first-order valence-corrected chi connectivity index (χ1v) is 7.32. The van der Waals surface area contributed by atoms with Crippen LogP contribution < -0.4 is 16.6 Å². The van der Waals surface area contributed by atoms with Gasteiger partial charge in [-0.15, -0.1) is 0 Å². The van der Waals surface area contributed by atoms with E-state index in [9.17, 15) is 9.59 Å². The van der Waals surface area contributed by atoms with Crippen molar-refractivity contribution in [2.75, 3.05) is 5.32 Å². The maximum absolute atomic E-state index is 12.6. The number of rotatable bonds is 4. The Kier molecular flexibility index (Phi) is 4.16. The van der Waals surface area contributed by atoms with Gasteiger partial charge in [0.1, 0.15) is 5.39 Å². The Morgan fingerprint density at radius 2 is 1.81 bits per heavy atom. The highest BCUT2D eigenvalue weighted by atomic mass is 16.2. The Morgan fingerprint density at radius 1 is 1.19 bits per heavy atom. The summed E-state index contributed by atoms with van der Waals surface area (Å²) in [6.45, 7) is 10.4. The second-order valence-electron chi connectivity index (χ2n) is 5.39. The zero-order valence-corrected chi connectivity index (χ0v) is 13.2. The maximum Gasteiger partial charge on any atom is 0.332 e. The molecule has 0 spiro atoms. The van der Waals surface area contributed by atoms with Gasteiger partial charge in [0.05, 0.1) is 5.69 Å². The molecule has 6 heteroatoms. The van der Waals surface area contributed by atoms with Crippen LogP contribution in [0.3, 0.4) is 0 Å². The Labute approximate surface area is 123 Å². The maximum atomic E-state index is 12.6. The number of hydrogen-bond donors (Lipinski definition) is 1. The average Bonchev–Trinajstić information content (AvgIpc) is 2.38. The van der Waals surface area contributed by atoms with E-state index in [0.717, 1.165) is 11.4 Å². The molecule has 2 rings (SSSR count). The van der Waals surface area contributed by atoms with Crippen LogP contribution in [0.4, 0.5) is 5.69 Å². The fourth-order valence-electron chi connectivity index (χ4n) is 2.51. The zero-order valence-electron chi connectivity index (χ0n) is 13.2. The fourth-order valence-corrected chi connectivity index (χ4v) is 2.51. The molecule has 0 fully saturated rings. The first-order valence-electron chi connectivity index (χ1n) is 7.32. The number of nitrogens with one attached hydrogen (secondary N) is 1. The standard InChI is InChI=1S/C15H22N4O2/c1-6-18-13-12(14(20)19(7-2)15(18)21)11(16-9(3)4)8-10(5)17-13/h8-9H,6-7H2,1-5H3,(H,16,17). The fraction of sp³-hybridized carbons (Fsp3) is 0.533. The van der Waals surface area contributed by atoms with Crippen molar-refractivity contribution in [2.45, 2.75) is 53.8 Å². The predicted molar refractivity (Wildman–Crippen MR) is 85.1 cm³/mol. The van der Waals surface area contributed by atoms with Crippen molar-refractivity contribution in [1.29, 1.82) is 0 Å². The van der Waals surface area contributed by atoms with E-state index in [1.165, 1.54) is 4.57 Å². The van der Waals surface area contributed by atoms with Crippen molar-refractivity contribution in [3.63, 3.8) is 0 Å². The summed E-state index contributed by atoms with van der Waals surface area (Å²) in [7, 11) is 0. The Hall–Kier alpha value is -2.11. The number of aryl methyl sites for hydroxylation is 2. The molecule has 2 aromatic rings. The monoisotopic (exact) mass is 290 g/mol. The van der Waals surface area contributed by atoms with Crippen LogP contribution in [0, 0.1) is 6.92 Å². The van der Waals surface area contributed by atoms with Gasteiger partial charge in [-0.25, -0.2) is 9.78 Å². The predicted octanol–water partition coefficient (Wildman–Crippen LogP) is 1.73. The van der Waals surface area contributed by atoms with Crippen LogP contribution in [0.2, 0.25) is 0 Å². The molecule has 0 radical (unpaired) electrons. The van der Waals surface area contributed by atoms with Gasteiger partial charge in [0.2, 0.25) is 0 Å². The number of fused-ring (bicyclic) bond motifs is 1. The second kappa shape index (κ2) is 5.71. The molecule has 0 aliphatic heterocycles. The van der Waals surface area contributed by atoms with E-state index >= 15 is 0 Å². The molecule has 0 saturated carbocycles. The van der Waals surface area contributed by atoms with Crippen LogP contribution in [0.15, 0.2) is 15.7 Å². The molecule has 0 aliphatic carbocycles. The minimum absolute atomic E-state index is 0.187. The van der Waals surface area contributed by atoms with Gasteiger partial charge in [0.15, 0.2) is 5.65 Å². The van der Waals surface area contributed by atoms with Gasteiger partial charge in [-0.1, -0.05) is 0 Å². The molecule has 0 aliphatic rings. The van der Waals surface area contributed by atoms with E-state index in [2.05, 4.69) is 10.3 Å². The van der Waals surface area contributed by atoms with Gasteiger partial charge >= 0.3 is 5.69 Å². The lowest BCUT2D eigenvalue weighted by atomic mass is 10.2. The molecule has 0 saturated heterocycles. The molecule has 0 atom stereocenters. The van der Waals surface area contributed by atoms with Crippen LogP contribution in [-0.4, -0.2) is 20.2 Å². The number of nitrogens with zero attached hydrogens (tertiary/aromatic N) is 3. The molecule has 2 aromatic heterocycles. The molecule has 114 valence electrons. The van der Waals surface area contributed by atoms with Crippen LogP contribution >= 0.6 is 0 Å². The van der Waals surface area contributed by atoms with Crippen LogP contribution in [0.5, 0.6) is 0 Å². The van der Waals surface area contributed by atoms with E-state index in [1.54, 1.807) is 11.5 Å². The van der Waals surface area contributed by atoms with E-state index in [1.807, 2.05) is 33.8 Å². The number of aromatic nitrogens is 3. The summed E-state index contributed by atoms with van der Waals surface area (Å²) >= 11 is 0. The third-order valence-electron chi connectivity index (χ3n) is 3.38. The van der Waals surface area contributed by atoms with Gasteiger partial charge in [-0.2, -0.15) is 0 Å². The van der Waals surface area contributed by atoms with Crippen LogP contribution in [0.25, 0.3) is 11.0 Å². The summed E-state index contributed by atoms with van der Waals surface area (Å²) in [4.78, 5) is 29.4. The van der Waals surface area contributed by atoms with Crippen molar-refractivity contribution in [2.24, 2.45) is 0 Å².